The van der Waals surface area contributed by atoms with Gasteiger partial charge in [0, 0.05) is 58.1 Å². The van der Waals surface area contributed by atoms with Crippen LogP contribution in [0.3, 0.4) is 0 Å². The number of likely N-dealkylation sites (tertiary alicyclic amines) is 1. The molecule has 6 rings (SSSR count). The normalized spacial score (nSPS) is 19.7. The van der Waals surface area contributed by atoms with Gasteiger partial charge in [-0.1, -0.05) is 60.1 Å². The van der Waals surface area contributed by atoms with Crippen LogP contribution in [0.5, 0.6) is 6.01 Å². The van der Waals surface area contributed by atoms with Crippen molar-refractivity contribution < 1.29 is 9.53 Å². The van der Waals surface area contributed by atoms with Crippen molar-refractivity contribution in [1.29, 1.82) is 0 Å². The summed E-state index contributed by atoms with van der Waals surface area (Å²) in [5.41, 5.74) is 2.53. The van der Waals surface area contributed by atoms with Crippen LogP contribution in [-0.4, -0.2) is 77.6 Å². The SMILES string of the molecule is C=CC(=O)N1CCN(c2nc(OCC3CCCN3C)nc3cc(-c4cccc5cccc(Cl)c45)c(Cl)cc23)C(C)C1. The minimum Gasteiger partial charge on any atom is -0.462 e. The van der Waals surface area contributed by atoms with Crippen molar-refractivity contribution >= 4 is 56.6 Å². The van der Waals surface area contributed by atoms with Gasteiger partial charge in [-0.2, -0.15) is 9.97 Å². The van der Waals surface area contributed by atoms with E-state index in [1.165, 1.54) is 6.08 Å². The first-order valence-electron chi connectivity index (χ1n) is 14.0. The molecule has 9 heteroatoms. The third-order valence-electron chi connectivity index (χ3n) is 8.35. The Morgan fingerprint density at radius 1 is 1.07 bits per heavy atom. The van der Waals surface area contributed by atoms with Crippen molar-refractivity contribution in [3.8, 4) is 17.1 Å². The number of carbonyl (C=O) groups excluding carboxylic acids is 1. The van der Waals surface area contributed by atoms with Gasteiger partial charge in [0.2, 0.25) is 5.91 Å². The van der Waals surface area contributed by atoms with Gasteiger partial charge in [0.05, 0.1) is 5.52 Å². The molecule has 212 valence electrons. The van der Waals surface area contributed by atoms with Crippen molar-refractivity contribution in [2.45, 2.75) is 31.8 Å². The predicted octanol–water partition coefficient (Wildman–Crippen LogP) is 6.45. The molecule has 0 N–H and O–H groups in total. The number of halogens is 2. The molecule has 41 heavy (non-hydrogen) atoms. The standard InChI is InChI=1S/C32H33Cl2N5O2/c1-4-29(40)38-14-15-39(20(2)18-38)31-25-16-27(34)24(23-11-5-8-21-9-6-12-26(33)30(21)23)17-28(25)35-32(36-31)41-19-22-10-7-13-37(22)3/h4-6,8-9,11-12,16-17,20,22H,1,7,10,13-15,18-19H2,2-3H3. The minimum absolute atomic E-state index is 0.0230. The van der Waals surface area contributed by atoms with Crippen molar-refractivity contribution in [2.75, 3.05) is 44.7 Å². The summed E-state index contributed by atoms with van der Waals surface area (Å²) in [5, 5.41) is 4.09. The Morgan fingerprint density at radius 2 is 1.88 bits per heavy atom. The molecule has 0 spiro atoms. The van der Waals surface area contributed by atoms with Crippen LogP contribution >= 0.6 is 23.2 Å². The van der Waals surface area contributed by atoms with Gasteiger partial charge in [0.15, 0.2) is 0 Å². The monoisotopic (exact) mass is 589 g/mol. The maximum Gasteiger partial charge on any atom is 0.319 e. The highest BCUT2D eigenvalue weighted by molar-refractivity contribution is 6.38. The number of benzene rings is 3. The van der Waals surface area contributed by atoms with Crippen molar-refractivity contribution in [1.82, 2.24) is 19.8 Å². The summed E-state index contributed by atoms with van der Waals surface area (Å²) in [4.78, 5) is 28.5. The lowest BCUT2D eigenvalue weighted by Crippen LogP contribution is -2.53. The van der Waals surface area contributed by atoms with E-state index in [1.54, 1.807) is 0 Å². The van der Waals surface area contributed by atoms with E-state index < -0.39 is 0 Å². The Kier molecular flexibility index (Phi) is 7.77. The van der Waals surface area contributed by atoms with E-state index in [9.17, 15) is 4.79 Å². The smallest absolute Gasteiger partial charge is 0.319 e. The molecule has 0 bridgehead atoms. The largest absolute Gasteiger partial charge is 0.462 e. The van der Waals surface area contributed by atoms with E-state index in [2.05, 4.69) is 30.4 Å². The fourth-order valence-electron chi connectivity index (χ4n) is 6.08. The zero-order valence-electron chi connectivity index (χ0n) is 23.3. The molecular formula is C32H33Cl2N5O2. The zero-order chi connectivity index (χ0) is 28.7. The molecule has 2 fully saturated rings. The molecule has 2 saturated heterocycles. The van der Waals surface area contributed by atoms with Gasteiger partial charge in [-0.3, -0.25) is 4.79 Å². The lowest BCUT2D eigenvalue weighted by molar-refractivity contribution is -0.126. The average molecular weight is 591 g/mol. The third kappa shape index (κ3) is 5.34. The Labute approximate surface area is 250 Å². The molecule has 1 amide bonds. The van der Waals surface area contributed by atoms with E-state index >= 15 is 0 Å². The topological polar surface area (TPSA) is 61.8 Å². The molecule has 3 aromatic carbocycles. The van der Waals surface area contributed by atoms with E-state index in [1.807, 2.05) is 53.4 Å². The fourth-order valence-corrected chi connectivity index (χ4v) is 6.63. The van der Waals surface area contributed by atoms with Gasteiger partial charge >= 0.3 is 6.01 Å². The number of likely N-dealkylation sites (N-methyl/N-ethyl adjacent to an activating group) is 1. The Balaban J connectivity index is 1.45. The third-order valence-corrected chi connectivity index (χ3v) is 8.98. The molecule has 0 aliphatic carbocycles. The summed E-state index contributed by atoms with van der Waals surface area (Å²) < 4.78 is 6.25. The summed E-state index contributed by atoms with van der Waals surface area (Å²) in [6.07, 6.45) is 3.62. The number of hydrogen-bond acceptors (Lipinski definition) is 6. The molecule has 1 aromatic heterocycles. The number of aromatic nitrogens is 2. The molecule has 7 nitrogen and oxygen atoms in total. The van der Waals surface area contributed by atoms with Crippen LogP contribution in [0.25, 0.3) is 32.8 Å². The van der Waals surface area contributed by atoms with Gasteiger partial charge in [-0.25, -0.2) is 0 Å². The van der Waals surface area contributed by atoms with Crippen LogP contribution < -0.4 is 9.64 Å². The highest BCUT2D eigenvalue weighted by Crippen LogP contribution is 2.41. The number of amides is 1. The lowest BCUT2D eigenvalue weighted by Gasteiger charge is -2.40. The molecule has 2 unspecified atom stereocenters. The summed E-state index contributed by atoms with van der Waals surface area (Å²) in [7, 11) is 2.13. The van der Waals surface area contributed by atoms with E-state index in [0.29, 0.717) is 48.3 Å². The molecule has 0 radical (unpaired) electrons. The van der Waals surface area contributed by atoms with Crippen LogP contribution in [0.1, 0.15) is 19.8 Å². The van der Waals surface area contributed by atoms with Crippen molar-refractivity contribution in [2.24, 2.45) is 0 Å². The number of carbonyl (C=O) groups is 1. The molecule has 2 aliphatic rings. The predicted molar refractivity (Wildman–Crippen MR) is 167 cm³/mol. The second-order valence-electron chi connectivity index (χ2n) is 10.9. The first kappa shape index (κ1) is 27.8. The van der Waals surface area contributed by atoms with Crippen LogP contribution in [0, 0.1) is 0 Å². The quantitative estimate of drug-likeness (QED) is 0.241. The second kappa shape index (κ2) is 11.5. The molecular weight excluding hydrogens is 557 g/mol. The first-order valence-corrected chi connectivity index (χ1v) is 14.8. The zero-order valence-corrected chi connectivity index (χ0v) is 24.8. The summed E-state index contributed by atoms with van der Waals surface area (Å²) in [6, 6.07) is 16.6. The number of piperazine rings is 1. The Hall–Kier alpha value is -3.39. The summed E-state index contributed by atoms with van der Waals surface area (Å²) in [6.45, 7) is 9.10. The lowest BCUT2D eigenvalue weighted by atomic mass is 9.97. The summed E-state index contributed by atoms with van der Waals surface area (Å²) >= 11 is 13.7. The number of hydrogen-bond donors (Lipinski definition) is 0. The van der Waals surface area contributed by atoms with Crippen molar-refractivity contribution in [3.63, 3.8) is 0 Å². The number of anilines is 1. The van der Waals surface area contributed by atoms with Gasteiger partial charge in [0.1, 0.15) is 12.4 Å². The van der Waals surface area contributed by atoms with Gasteiger partial charge in [0.25, 0.3) is 0 Å². The van der Waals surface area contributed by atoms with Crippen LogP contribution in [-0.2, 0) is 4.79 Å². The summed E-state index contributed by atoms with van der Waals surface area (Å²) in [5.74, 6) is 0.697. The van der Waals surface area contributed by atoms with Crippen molar-refractivity contribution in [3.05, 3.63) is 71.2 Å². The number of fused-ring (bicyclic) bond motifs is 2. The molecule has 3 heterocycles. The fraction of sp³-hybridized carbons (Fsp3) is 0.344. The van der Waals surface area contributed by atoms with Gasteiger partial charge in [-0.05, 0) is 68.6 Å². The maximum atomic E-state index is 12.3. The number of rotatable bonds is 6. The Bertz CT molecular complexity index is 1640. The van der Waals surface area contributed by atoms with Crippen LogP contribution in [0.2, 0.25) is 10.0 Å². The van der Waals surface area contributed by atoms with E-state index in [0.717, 1.165) is 58.0 Å². The highest BCUT2D eigenvalue weighted by atomic mass is 35.5. The Morgan fingerprint density at radius 3 is 2.61 bits per heavy atom. The van der Waals surface area contributed by atoms with E-state index in [-0.39, 0.29) is 11.9 Å². The van der Waals surface area contributed by atoms with Gasteiger partial charge in [-0.15, -0.1) is 0 Å². The number of ether oxygens (including phenoxy) is 1. The number of nitrogens with zero attached hydrogens (tertiary/aromatic N) is 5. The van der Waals surface area contributed by atoms with Gasteiger partial charge < -0.3 is 19.4 Å². The van der Waals surface area contributed by atoms with Crippen LogP contribution in [0.15, 0.2) is 61.2 Å². The average Bonchev–Trinajstić information content (AvgIpc) is 3.39. The molecule has 0 saturated carbocycles. The molecule has 4 aromatic rings. The molecule has 2 aliphatic heterocycles. The minimum atomic E-state index is -0.0600. The highest BCUT2D eigenvalue weighted by Gasteiger charge is 2.29. The van der Waals surface area contributed by atoms with E-state index in [4.69, 9.17) is 37.9 Å². The second-order valence-corrected chi connectivity index (χ2v) is 11.8. The first-order chi connectivity index (χ1) is 19.8. The van der Waals surface area contributed by atoms with Crippen LogP contribution in [0.4, 0.5) is 5.82 Å². The maximum absolute atomic E-state index is 12.3. The molecule has 2 atom stereocenters.